The van der Waals surface area contributed by atoms with Gasteiger partial charge in [-0.3, -0.25) is 4.79 Å². The van der Waals surface area contributed by atoms with Gasteiger partial charge in [0.1, 0.15) is 6.04 Å². The van der Waals surface area contributed by atoms with Crippen molar-refractivity contribution < 1.29 is 14.7 Å². The largest absolute Gasteiger partial charge is 0.480 e. The molecule has 0 aromatic carbocycles. The molecule has 0 spiro atoms. The molecule has 0 aromatic heterocycles. The van der Waals surface area contributed by atoms with Crippen molar-refractivity contribution in [1.82, 2.24) is 5.32 Å². The first-order valence-electron chi connectivity index (χ1n) is 4.65. The predicted octanol–water partition coefficient (Wildman–Crippen LogP) is 1.11. The van der Waals surface area contributed by atoms with Gasteiger partial charge in [0.15, 0.2) is 0 Å². The van der Waals surface area contributed by atoms with Crippen molar-refractivity contribution in [2.75, 3.05) is 5.75 Å². The zero-order chi connectivity index (χ0) is 11.0. The fourth-order valence-electron chi connectivity index (χ4n) is 1.02. The summed E-state index contributed by atoms with van der Waals surface area (Å²) in [6.07, 6.45) is 2.59. The molecule has 2 atom stereocenters. The molecule has 0 aromatic rings. The number of carbonyl (C=O) groups excluding carboxylic acids is 1. The Morgan fingerprint density at radius 3 is 2.71 bits per heavy atom. The van der Waals surface area contributed by atoms with Gasteiger partial charge in [-0.1, -0.05) is 20.3 Å². The summed E-state index contributed by atoms with van der Waals surface area (Å²) in [5.74, 6) is -0.553. The fraction of sp³-hybridized carbons (Fsp3) is 0.778. The first kappa shape index (κ1) is 13.3. The average molecular weight is 219 g/mol. The van der Waals surface area contributed by atoms with E-state index < -0.39 is 12.0 Å². The van der Waals surface area contributed by atoms with Crippen LogP contribution in [0.2, 0.25) is 0 Å². The molecule has 82 valence electrons. The van der Waals surface area contributed by atoms with Crippen molar-refractivity contribution in [2.24, 2.45) is 0 Å². The third-order valence-corrected chi connectivity index (χ3v) is 3.14. The Bertz CT molecular complexity index is 187. The summed E-state index contributed by atoms with van der Waals surface area (Å²) in [4.78, 5) is 20.7. The van der Waals surface area contributed by atoms with E-state index in [1.54, 1.807) is 11.8 Å². The van der Waals surface area contributed by atoms with Gasteiger partial charge >= 0.3 is 5.97 Å². The van der Waals surface area contributed by atoms with Crippen LogP contribution >= 0.6 is 11.8 Å². The number of carboxylic acids is 1. The van der Waals surface area contributed by atoms with Gasteiger partial charge in [-0.25, -0.2) is 4.79 Å². The van der Waals surface area contributed by atoms with Crippen molar-refractivity contribution in [1.29, 1.82) is 0 Å². The van der Waals surface area contributed by atoms with Crippen LogP contribution in [0.1, 0.15) is 26.7 Å². The molecule has 0 fully saturated rings. The topological polar surface area (TPSA) is 66.4 Å². The Morgan fingerprint density at radius 1 is 1.64 bits per heavy atom. The Hall–Kier alpha value is -0.710. The van der Waals surface area contributed by atoms with Gasteiger partial charge in [0.05, 0.1) is 0 Å². The summed E-state index contributed by atoms with van der Waals surface area (Å²) in [6, 6.07) is -0.767. The molecule has 4 nitrogen and oxygen atoms in total. The minimum atomic E-state index is -0.978. The Labute approximate surface area is 88.4 Å². The molecule has 0 rings (SSSR count). The summed E-state index contributed by atoms with van der Waals surface area (Å²) in [6.45, 7) is 4.16. The number of hydrogen-bond acceptors (Lipinski definition) is 3. The van der Waals surface area contributed by atoms with Crippen molar-refractivity contribution in [3.05, 3.63) is 0 Å². The molecule has 2 unspecified atom stereocenters. The molecule has 5 heteroatoms. The van der Waals surface area contributed by atoms with E-state index in [1.807, 2.05) is 0 Å². The molecule has 0 aliphatic carbocycles. The normalized spacial score (nSPS) is 14.4. The monoisotopic (exact) mass is 219 g/mol. The van der Waals surface area contributed by atoms with Gasteiger partial charge in [0.25, 0.3) is 0 Å². The second kappa shape index (κ2) is 7.67. The lowest BCUT2D eigenvalue weighted by Crippen LogP contribution is -2.38. The number of nitrogens with one attached hydrogen (secondary N) is 1. The molecule has 0 heterocycles. The van der Waals surface area contributed by atoms with E-state index in [0.29, 0.717) is 17.4 Å². The maximum absolute atomic E-state index is 10.6. The van der Waals surface area contributed by atoms with Crippen LogP contribution in [-0.2, 0) is 9.59 Å². The van der Waals surface area contributed by atoms with Gasteiger partial charge < -0.3 is 10.4 Å². The summed E-state index contributed by atoms with van der Waals surface area (Å²) in [5.41, 5.74) is 0. The minimum absolute atomic E-state index is 0.426. The van der Waals surface area contributed by atoms with E-state index in [4.69, 9.17) is 5.11 Å². The van der Waals surface area contributed by atoms with E-state index in [1.165, 1.54) is 0 Å². The van der Waals surface area contributed by atoms with Crippen LogP contribution in [0.25, 0.3) is 0 Å². The second-order valence-corrected chi connectivity index (χ2v) is 4.58. The van der Waals surface area contributed by atoms with Gasteiger partial charge in [-0.05, 0) is 6.42 Å². The highest BCUT2D eigenvalue weighted by Crippen LogP contribution is 2.16. The average Bonchev–Trinajstić information content (AvgIpc) is 2.12. The Balaban J connectivity index is 3.80. The molecule has 0 saturated carbocycles. The van der Waals surface area contributed by atoms with Crippen LogP contribution < -0.4 is 5.32 Å². The molecule has 2 N–H and O–H groups in total. The molecule has 0 radical (unpaired) electrons. The second-order valence-electron chi connectivity index (χ2n) is 3.11. The highest BCUT2D eigenvalue weighted by atomic mass is 32.2. The lowest BCUT2D eigenvalue weighted by molar-refractivity contribution is -0.139. The van der Waals surface area contributed by atoms with Crippen molar-refractivity contribution in [3.8, 4) is 0 Å². The number of hydrogen-bond donors (Lipinski definition) is 2. The van der Waals surface area contributed by atoms with Crippen LogP contribution in [0.4, 0.5) is 0 Å². The minimum Gasteiger partial charge on any atom is -0.480 e. The Morgan fingerprint density at radius 2 is 2.29 bits per heavy atom. The number of rotatable bonds is 8. The molecule has 0 bridgehead atoms. The first-order chi connectivity index (χ1) is 6.61. The van der Waals surface area contributed by atoms with Crippen molar-refractivity contribution >= 4 is 24.1 Å². The number of amides is 1. The fourth-order valence-corrected chi connectivity index (χ4v) is 2.19. The highest BCUT2D eigenvalue weighted by Gasteiger charge is 2.17. The van der Waals surface area contributed by atoms with E-state index in [-0.39, 0.29) is 0 Å². The number of aliphatic carboxylic acids is 1. The van der Waals surface area contributed by atoms with E-state index in [0.717, 1.165) is 12.8 Å². The molecular formula is C9H17NO3S. The molecular weight excluding hydrogens is 202 g/mol. The lowest BCUT2D eigenvalue weighted by Gasteiger charge is -2.14. The van der Waals surface area contributed by atoms with Gasteiger partial charge in [0, 0.05) is 11.0 Å². The third-order valence-electron chi connectivity index (χ3n) is 1.81. The summed E-state index contributed by atoms with van der Waals surface area (Å²) < 4.78 is 0. The van der Waals surface area contributed by atoms with E-state index in [9.17, 15) is 9.59 Å². The number of carbonyl (C=O) groups is 2. The molecule has 14 heavy (non-hydrogen) atoms. The SMILES string of the molecule is CCCC(C)SCC(NC=O)C(=O)O. The number of thioether (sulfide) groups is 1. The van der Waals surface area contributed by atoms with Gasteiger partial charge in [-0.15, -0.1) is 0 Å². The smallest absolute Gasteiger partial charge is 0.327 e. The van der Waals surface area contributed by atoms with E-state index in [2.05, 4.69) is 19.2 Å². The summed E-state index contributed by atoms with van der Waals surface area (Å²) in [7, 11) is 0. The predicted molar refractivity (Wildman–Crippen MR) is 57.5 cm³/mol. The van der Waals surface area contributed by atoms with Crippen molar-refractivity contribution in [3.63, 3.8) is 0 Å². The highest BCUT2D eigenvalue weighted by molar-refractivity contribution is 7.99. The van der Waals surface area contributed by atoms with Crippen molar-refractivity contribution in [2.45, 2.75) is 38.0 Å². The third kappa shape index (κ3) is 5.85. The molecule has 0 saturated heterocycles. The summed E-state index contributed by atoms with van der Waals surface area (Å²) >= 11 is 1.58. The van der Waals surface area contributed by atoms with E-state index >= 15 is 0 Å². The van der Waals surface area contributed by atoms with Crippen LogP contribution in [0.5, 0.6) is 0 Å². The molecule has 0 aliphatic heterocycles. The first-order valence-corrected chi connectivity index (χ1v) is 5.70. The van der Waals surface area contributed by atoms with Crippen LogP contribution in [0, 0.1) is 0 Å². The van der Waals surface area contributed by atoms with Crippen LogP contribution in [0.15, 0.2) is 0 Å². The summed E-state index contributed by atoms with van der Waals surface area (Å²) in [5, 5.41) is 11.4. The lowest BCUT2D eigenvalue weighted by atomic mass is 10.3. The van der Waals surface area contributed by atoms with Gasteiger partial charge in [0.2, 0.25) is 6.41 Å². The van der Waals surface area contributed by atoms with Crippen LogP contribution in [0.3, 0.4) is 0 Å². The molecule has 0 aliphatic rings. The van der Waals surface area contributed by atoms with Gasteiger partial charge in [-0.2, -0.15) is 11.8 Å². The quantitative estimate of drug-likeness (QED) is 0.600. The molecule has 1 amide bonds. The van der Waals surface area contributed by atoms with Crippen LogP contribution in [-0.4, -0.2) is 34.5 Å². The zero-order valence-electron chi connectivity index (χ0n) is 8.53. The maximum atomic E-state index is 10.6. The number of carboxylic acid groups (broad SMARTS) is 1. The maximum Gasteiger partial charge on any atom is 0.327 e. The standard InChI is InChI=1S/C9H17NO3S/c1-3-4-7(2)14-5-8(9(12)13)10-6-11/h6-8H,3-5H2,1-2H3,(H,10,11)(H,12,13). The Kier molecular flexibility index (Phi) is 7.28. The zero-order valence-corrected chi connectivity index (χ0v) is 9.34.